The molecule has 0 rings (SSSR count). The van der Waals surface area contributed by atoms with Gasteiger partial charge in [0.15, 0.2) is 0 Å². The second-order valence-electron chi connectivity index (χ2n) is 0.577. The molecule has 0 bridgehead atoms. The van der Waals surface area contributed by atoms with Crippen LogP contribution in [0.2, 0.25) is 11.0 Å². The molecule has 0 saturated heterocycles. The molecule has 2 heteroatoms. The van der Waals surface area contributed by atoms with E-state index in [2.05, 4.69) is 11.0 Å². The van der Waals surface area contributed by atoms with Gasteiger partial charge in [-0.1, -0.05) is 0 Å². The monoisotopic (exact) mass is 117 g/mol. The molecule has 0 spiro atoms. The zero-order valence-corrected chi connectivity index (χ0v) is 5.50. The van der Waals surface area contributed by atoms with Gasteiger partial charge in [-0.25, -0.2) is 0 Å². The molecule has 0 atom stereocenters. The molecule has 0 aromatic carbocycles. The maximum absolute atomic E-state index is 2.28. The van der Waals surface area contributed by atoms with E-state index in [9.17, 15) is 0 Å². The van der Waals surface area contributed by atoms with Gasteiger partial charge in [-0.15, -0.1) is 0 Å². The maximum atomic E-state index is 2.28. The summed E-state index contributed by atoms with van der Waals surface area (Å²) < 4.78 is 0. The second-order valence-corrected chi connectivity index (χ2v) is 3.00. The van der Waals surface area contributed by atoms with E-state index in [4.69, 9.17) is 0 Å². The SMILES string of the molecule is O.[CH3][Ga][CH3]. The molecule has 25 valence electrons. The van der Waals surface area contributed by atoms with E-state index in [1.54, 1.807) is 0 Å². The van der Waals surface area contributed by atoms with Gasteiger partial charge in [-0.2, -0.15) is 0 Å². The Bertz CT molecular complexity index is 6.00. The van der Waals surface area contributed by atoms with Crippen molar-refractivity contribution >= 4 is 17.4 Å². The topological polar surface area (TPSA) is 31.5 Å². The van der Waals surface area contributed by atoms with E-state index in [0.29, 0.717) is 17.4 Å². The van der Waals surface area contributed by atoms with E-state index >= 15 is 0 Å². The molecule has 0 aliphatic rings. The van der Waals surface area contributed by atoms with Crippen LogP contribution in [-0.4, -0.2) is 22.9 Å². The summed E-state index contributed by atoms with van der Waals surface area (Å²) in [5.74, 6) is 0. The fourth-order valence-electron chi connectivity index (χ4n) is 0. The van der Waals surface area contributed by atoms with Crippen molar-refractivity contribution in [2.75, 3.05) is 0 Å². The predicted octanol–water partition coefficient (Wildman–Crippen LogP) is -0.0379. The molecule has 0 amide bonds. The Hall–Kier alpha value is 0.596. The summed E-state index contributed by atoms with van der Waals surface area (Å²) in [6.07, 6.45) is 0. The Balaban J connectivity index is 0. The third kappa shape index (κ3) is 18.6. The molecule has 0 saturated carbocycles. The zero-order valence-electron chi connectivity index (χ0n) is 3.08. The van der Waals surface area contributed by atoms with Crippen molar-refractivity contribution < 1.29 is 5.48 Å². The molecular formula is C2H8GaO. The van der Waals surface area contributed by atoms with Gasteiger partial charge < -0.3 is 5.48 Å². The Kier molecular flexibility index (Phi) is 21.0. The van der Waals surface area contributed by atoms with E-state index in [0.717, 1.165) is 0 Å². The summed E-state index contributed by atoms with van der Waals surface area (Å²) in [4.78, 5) is 0. The van der Waals surface area contributed by atoms with E-state index < -0.39 is 0 Å². The minimum atomic E-state index is 0. The third-order valence-electron chi connectivity index (χ3n) is 0. The van der Waals surface area contributed by atoms with Crippen molar-refractivity contribution in [2.45, 2.75) is 11.0 Å². The van der Waals surface area contributed by atoms with Gasteiger partial charge >= 0.3 is 28.4 Å². The van der Waals surface area contributed by atoms with Crippen LogP contribution in [0.15, 0.2) is 0 Å². The molecule has 0 aromatic rings. The molecule has 1 nitrogen and oxygen atoms in total. The predicted molar refractivity (Wildman–Crippen MR) is 21.1 cm³/mol. The number of rotatable bonds is 0. The van der Waals surface area contributed by atoms with Gasteiger partial charge in [0.05, 0.1) is 0 Å². The summed E-state index contributed by atoms with van der Waals surface area (Å²) in [6, 6.07) is 0. The van der Waals surface area contributed by atoms with Gasteiger partial charge in [0.25, 0.3) is 0 Å². The third-order valence-corrected chi connectivity index (χ3v) is 0. The Morgan fingerprint density at radius 2 is 1.25 bits per heavy atom. The van der Waals surface area contributed by atoms with Gasteiger partial charge in [-0.3, -0.25) is 0 Å². The van der Waals surface area contributed by atoms with Crippen molar-refractivity contribution in [1.82, 2.24) is 0 Å². The summed E-state index contributed by atoms with van der Waals surface area (Å²) in [6.45, 7) is 0. The number of hydrogen-bond acceptors (Lipinski definition) is 0. The zero-order chi connectivity index (χ0) is 2.71. The van der Waals surface area contributed by atoms with Crippen LogP contribution in [0.1, 0.15) is 0 Å². The first-order valence-corrected chi connectivity index (χ1v) is 6.00. The average molecular weight is 118 g/mol. The first kappa shape index (κ1) is 8.82. The van der Waals surface area contributed by atoms with Crippen molar-refractivity contribution in [1.29, 1.82) is 0 Å². The van der Waals surface area contributed by atoms with Crippen molar-refractivity contribution in [3.8, 4) is 0 Å². The molecule has 0 heterocycles. The van der Waals surface area contributed by atoms with Crippen LogP contribution in [0.4, 0.5) is 0 Å². The molecule has 1 radical (unpaired) electrons. The molecule has 0 unspecified atom stereocenters. The first-order chi connectivity index (χ1) is 1.41. The van der Waals surface area contributed by atoms with Gasteiger partial charge in [-0.05, 0) is 0 Å². The van der Waals surface area contributed by atoms with E-state index in [1.807, 2.05) is 0 Å². The van der Waals surface area contributed by atoms with E-state index in [-0.39, 0.29) is 5.48 Å². The fraction of sp³-hybridized carbons (Fsp3) is 1.00. The Morgan fingerprint density at radius 3 is 1.25 bits per heavy atom. The Morgan fingerprint density at radius 1 is 1.25 bits per heavy atom. The molecule has 2 N–H and O–H groups in total. The van der Waals surface area contributed by atoms with Crippen LogP contribution in [0.3, 0.4) is 0 Å². The fourth-order valence-corrected chi connectivity index (χ4v) is 0. The summed E-state index contributed by atoms with van der Waals surface area (Å²) in [5, 5.41) is 0. The molecule has 4 heavy (non-hydrogen) atoms. The Labute approximate surface area is 34.5 Å². The molecule has 0 aliphatic heterocycles. The van der Waals surface area contributed by atoms with Crippen LogP contribution in [-0.2, 0) is 0 Å². The normalized spacial score (nSPS) is 3.50. The van der Waals surface area contributed by atoms with Gasteiger partial charge in [0.1, 0.15) is 0 Å². The van der Waals surface area contributed by atoms with Crippen molar-refractivity contribution in [3.05, 3.63) is 0 Å². The van der Waals surface area contributed by atoms with Crippen molar-refractivity contribution in [2.24, 2.45) is 0 Å². The second kappa shape index (κ2) is 9.51. The number of hydrogen-bond donors (Lipinski definition) is 0. The molecule has 0 fully saturated rings. The quantitative estimate of drug-likeness (QED) is 0.399. The summed E-state index contributed by atoms with van der Waals surface area (Å²) in [7, 11) is 0. The minimum absolute atomic E-state index is 0. The van der Waals surface area contributed by atoms with Gasteiger partial charge in [0.2, 0.25) is 0 Å². The first-order valence-electron chi connectivity index (χ1n) is 1.15. The standard InChI is InChI=1S/2CH3.Ga.H2O/h2*1H3;;1H2. The van der Waals surface area contributed by atoms with Crippen LogP contribution in [0, 0.1) is 0 Å². The van der Waals surface area contributed by atoms with Crippen LogP contribution in [0.5, 0.6) is 0 Å². The molecule has 0 aromatic heterocycles. The summed E-state index contributed by atoms with van der Waals surface area (Å²) in [5.41, 5.74) is 4.56. The van der Waals surface area contributed by atoms with Crippen LogP contribution in [0.25, 0.3) is 0 Å². The van der Waals surface area contributed by atoms with E-state index in [1.165, 1.54) is 0 Å². The summed E-state index contributed by atoms with van der Waals surface area (Å²) >= 11 is 0.312. The van der Waals surface area contributed by atoms with Crippen LogP contribution < -0.4 is 0 Å². The molecule has 0 aliphatic carbocycles. The average Bonchev–Trinajstić information content (AvgIpc) is 0.918. The van der Waals surface area contributed by atoms with Crippen LogP contribution >= 0.6 is 0 Å². The van der Waals surface area contributed by atoms with Crippen molar-refractivity contribution in [3.63, 3.8) is 0 Å². The van der Waals surface area contributed by atoms with Gasteiger partial charge in [0, 0.05) is 0 Å². The molecular weight excluding hydrogens is 110 g/mol.